The average molecular weight is 523 g/mol. The van der Waals surface area contributed by atoms with Gasteiger partial charge in [-0.05, 0) is 74.0 Å². The van der Waals surface area contributed by atoms with Crippen LogP contribution in [0, 0.1) is 6.92 Å². The van der Waals surface area contributed by atoms with Gasteiger partial charge in [-0.25, -0.2) is 14.5 Å². The van der Waals surface area contributed by atoms with Gasteiger partial charge in [0.25, 0.3) is 5.91 Å². The quantitative estimate of drug-likeness (QED) is 0.329. The molecule has 0 unspecified atom stereocenters. The van der Waals surface area contributed by atoms with Crippen molar-refractivity contribution in [2.45, 2.75) is 49.4 Å². The van der Waals surface area contributed by atoms with Gasteiger partial charge in [0.2, 0.25) is 0 Å². The normalized spacial score (nSPS) is 15.7. The van der Waals surface area contributed by atoms with Crippen LogP contribution in [-0.4, -0.2) is 50.1 Å². The smallest absolute Gasteiger partial charge is 0.475 e. The van der Waals surface area contributed by atoms with Gasteiger partial charge in [0, 0.05) is 23.8 Å². The number of hydrogen-bond acceptors (Lipinski definition) is 5. The number of carbonyl (C=O) groups excluding carboxylic acids is 2. The number of imide groups is 1. The highest BCUT2D eigenvalue weighted by molar-refractivity contribution is 8.00. The summed E-state index contributed by atoms with van der Waals surface area (Å²) >= 11 is -0.247. The maximum Gasteiger partial charge on any atom is 0.490 e. The van der Waals surface area contributed by atoms with Crippen molar-refractivity contribution in [1.29, 1.82) is 0 Å². The number of carboxylic acid groups (broad SMARTS) is 1. The molecule has 0 radical (unpaired) electrons. The number of thioether (sulfide) groups is 1. The van der Waals surface area contributed by atoms with Crippen molar-refractivity contribution >= 4 is 35.4 Å². The SMILES string of the molecule is Cc1cnccc1CN1C(=O)N(c2ccc(SC(F)(F)F)cc2)C(=O)C1(C)C.O=C(O)C(F)(F)F. The Morgan fingerprint density at radius 1 is 1.06 bits per heavy atom. The van der Waals surface area contributed by atoms with Crippen LogP contribution >= 0.6 is 11.8 Å². The number of aromatic nitrogens is 1. The summed E-state index contributed by atoms with van der Waals surface area (Å²) in [6, 6.07) is 6.47. The lowest BCUT2D eigenvalue weighted by Gasteiger charge is -2.28. The van der Waals surface area contributed by atoms with Gasteiger partial charge in [-0.2, -0.15) is 26.3 Å². The van der Waals surface area contributed by atoms with Crippen LogP contribution in [0.25, 0.3) is 0 Å². The van der Waals surface area contributed by atoms with Crippen molar-refractivity contribution < 1.29 is 45.8 Å². The van der Waals surface area contributed by atoms with Crippen molar-refractivity contribution in [3.63, 3.8) is 0 Å². The standard InChI is InChI=1S/C19H18F3N3O2S.C2HF3O2/c1-12-10-23-9-8-13(12)11-24-17(27)25(16(26)18(24,2)3)14-4-6-15(7-5-14)28-19(20,21)22;3-2(4,5)1(6)7/h4-10H,11H2,1-3H3;(H,6,7). The number of rotatable bonds is 4. The Bertz CT molecular complexity index is 1100. The number of amides is 3. The first-order valence-corrected chi connectivity index (χ1v) is 10.5. The molecule has 1 aromatic heterocycles. The first-order valence-electron chi connectivity index (χ1n) is 9.66. The molecule has 0 bridgehead atoms. The summed E-state index contributed by atoms with van der Waals surface area (Å²) in [7, 11) is 0. The van der Waals surface area contributed by atoms with Crippen molar-refractivity contribution in [2.24, 2.45) is 0 Å². The number of carboxylic acids is 1. The van der Waals surface area contributed by atoms with Gasteiger partial charge in [-0.1, -0.05) is 0 Å². The monoisotopic (exact) mass is 523 g/mol. The Morgan fingerprint density at radius 3 is 2.06 bits per heavy atom. The van der Waals surface area contributed by atoms with Gasteiger partial charge in [-0.3, -0.25) is 9.78 Å². The summed E-state index contributed by atoms with van der Waals surface area (Å²) in [4.78, 5) is 41.3. The second-order valence-electron chi connectivity index (χ2n) is 7.72. The van der Waals surface area contributed by atoms with Gasteiger partial charge in [0.05, 0.1) is 5.69 Å². The molecular formula is C21H19F6N3O4S. The molecule has 35 heavy (non-hydrogen) atoms. The second kappa shape index (κ2) is 10.1. The van der Waals surface area contributed by atoms with E-state index in [0.717, 1.165) is 16.0 Å². The topological polar surface area (TPSA) is 90.8 Å². The fourth-order valence-electron chi connectivity index (χ4n) is 2.98. The number of benzene rings is 1. The number of pyridine rings is 1. The summed E-state index contributed by atoms with van der Waals surface area (Å²) in [5.41, 5.74) is -3.49. The summed E-state index contributed by atoms with van der Waals surface area (Å²) < 4.78 is 69.2. The maximum atomic E-state index is 13.0. The van der Waals surface area contributed by atoms with Gasteiger partial charge in [0.15, 0.2) is 0 Å². The van der Waals surface area contributed by atoms with Crippen LogP contribution in [0.1, 0.15) is 25.0 Å². The lowest BCUT2D eigenvalue weighted by molar-refractivity contribution is -0.192. The molecule has 0 aliphatic carbocycles. The largest absolute Gasteiger partial charge is 0.490 e. The first-order chi connectivity index (χ1) is 15.9. The number of alkyl halides is 6. The maximum absolute atomic E-state index is 13.0. The van der Waals surface area contributed by atoms with E-state index in [9.17, 15) is 35.9 Å². The summed E-state index contributed by atoms with van der Waals surface area (Å²) in [5.74, 6) is -3.19. The number of urea groups is 1. The number of nitrogens with zero attached hydrogens (tertiary/aromatic N) is 3. The van der Waals surface area contributed by atoms with E-state index in [2.05, 4.69) is 4.98 Å². The molecule has 14 heteroatoms. The van der Waals surface area contributed by atoms with Crippen molar-refractivity contribution in [1.82, 2.24) is 9.88 Å². The van der Waals surface area contributed by atoms with E-state index < -0.39 is 35.1 Å². The molecular weight excluding hydrogens is 504 g/mol. The molecule has 0 atom stereocenters. The lowest BCUT2D eigenvalue weighted by atomic mass is 10.0. The zero-order valence-electron chi connectivity index (χ0n) is 18.4. The third-order valence-electron chi connectivity index (χ3n) is 4.86. The highest BCUT2D eigenvalue weighted by Gasteiger charge is 2.51. The molecule has 0 spiro atoms. The molecule has 190 valence electrons. The molecule has 1 saturated heterocycles. The van der Waals surface area contributed by atoms with E-state index in [1.807, 2.05) is 6.92 Å². The number of hydrogen-bond donors (Lipinski definition) is 1. The minimum absolute atomic E-state index is 0.0149. The van der Waals surface area contributed by atoms with Crippen LogP contribution in [0.15, 0.2) is 47.6 Å². The number of anilines is 1. The van der Waals surface area contributed by atoms with Gasteiger partial charge < -0.3 is 10.0 Å². The Hall–Kier alpha value is -3.29. The second-order valence-corrected chi connectivity index (χ2v) is 8.85. The molecule has 1 fully saturated rings. The summed E-state index contributed by atoms with van der Waals surface area (Å²) in [6.07, 6.45) is -1.79. The highest BCUT2D eigenvalue weighted by atomic mass is 32.2. The first kappa shape index (κ1) is 28.0. The van der Waals surface area contributed by atoms with Crippen LogP contribution in [-0.2, 0) is 16.1 Å². The molecule has 7 nitrogen and oxygen atoms in total. The Labute approximate surface area is 199 Å². The molecule has 3 rings (SSSR count). The number of aliphatic carboxylic acids is 1. The zero-order chi connectivity index (χ0) is 26.8. The Morgan fingerprint density at radius 2 is 1.60 bits per heavy atom. The third kappa shape index (κ3) is 6.87. The molecule has 1 aliphatic rings. The van der Waals surface area contributed by atoms with Crippen LogP contribution < -0.4 is 4.90 Å². The van der Waals surface area contributed by atoms with Gasteiger partial charge in [-0.15, -0.1) is 0 Å². The Balaban J connectivity index is 0.000000540. The van der Waals surface area contributed by atoms with Crippen molar-refractivity contribution in [3.05, 3.63) is 53.9 Å². The molecule has 0 saturated carbocycles. The zero-order valence-corrected chi connectivity index (χ0v) is 19.3. The molecule has 2 aromatic rings. The van der Waals surface area contributed by atoms with Crippen molar-refractivity contribution in [3.8, 4) is 0 Å². The predicted molar refractivity (Wildman–Crippen MR) is 114 cm³/mol. The fourth-order valence-corrected chi connectivity index (χ4v) is 3.51. The van der Waals surface area contributed by atoms with Gasteiger partial charge in [0.1, 0.15) is 5.54 Å². The summed E-state index contributed by atoms with van der Waals surface area (Å²) in [5, 5.41) is 7.12. The number of carbonyl (C=O) groups is 3. The molecule has 1 N–H and O–H groups in total. The predicted octanol–water partition coefficient (Wildman–Crippen LogP) is 5.38. The van der Waals surface area contributed by atoms with Crippen LogP contribution in [0.3, 0.4) is 0 Å². The van der Waals surface area contributed by atoms with E-state index in [0.29, 0.717) is 0 Å². The Kier molecular flexibility index (Phi) is 8.10. The number of aryl methyl sites for hydroxylation is 1. The molecule has 2 heterocycles. The average Bonchev–Trinajstić information content (AvgIpc) is 2.88. The van der Waals surface area contributed by atoms with Crippen molar-refractivity contribution in [2.75, 3.05) is 4.90 Å². The number of halogens is 6. The van der Waals surface area contributed by atoms with E-state index in [4.69, 9.17) is 9.90 Å². The van der Waals surface area contributed by atoms with Crippen LogP contribution in [0.2, 0.25) is 0 Å². The van der Waals surface area contributed by atoms with E-state index in [-0.39, 0.29) is 28.9 Å². The van der Waals surface area contributed by atoms with Gasteiger partial charge >= 0.3 is 23.7 Å². The molecule has 3 amide bonds. The molecule has 1 aromatic carbocycles. The fraction of sp³-hybridized carbons (Fsp3) is 0.333. The van der Waals surface area contributed by atoms with E-state index >= 15 is 0 Å². The van der Waals surface area contributed by atoms with Crippen LogP contribution in [0.4, 0.5) is 36.8 Å². The molecule has 1 aliphatic heterocycles. The minimum atomic E-state index is -5.08. The third-order valence-corrected chi connectivity index (χ3v) is 5.60. The van der Waals surface area contributed by atoms with E-state index in [1.165, 1.54) is 29.2 Å². The highest BCUT2D eigenvalue weighted by Crippen LogP contribution is 2.39. The lowest BCUT2D eigenvalue weighted by Crippen LogP contribution is -2.43. The van der Waals surface area contributed by atoms with Crippen LogP contribution in [0.5, 0.6) is 0 Å². The summed E-state index contributed by atoms with van der Waals surface area (Å²) in [6.45, 7) is 5.40. The van der Waals surface area contributed by atoms with E-state index in [1.54, 1.807) is 32.3 Å². The minimum Gasteiger partial charge on any atom is -0.475 e.